The first kappa shape index (κ1) is 23.2. The van der Waals surface area contributed by atoms with Gasteiger partial charge in [0.2, 0.25) is 17.7 Å². The van der Waals surface area contributed by atoms with E-state index in [0.29, 0.717) is 18.2 Å². The third kappa shape index (κ3) is 4.84. The summed E-state index contributed by atoms with van der Waals surface area (Å²) in [5.74, 6) is 1.49. The van der Waals surface area contributed by atoms with Gasteiger partial charge in [0.25, 0.3) is 0 Å². The zero-order valence-corrected chi connectivity index (χ0v) is 19.0. The number of aliphatic hydroxyl groups is 1. The van der Waals surface area contributed by atoms with Gasteiger partial charge in [0.15, 0.2) is 0 Å². The summed E-state index contributed by atoms with van der Waals surface area (Å²) in [6.45, 7) is 3.92. The predicted molar refractivity (Wildman–Crippen MR) is 128 cm³/mol. The van der Waals surface area contributed by atoms with E-state index in [9.17, 15) is 9.90 Å². The second-order valence-corrected chi connectivity index (χ2v) is 8.18. The number of nitrogens with one attached hydrogen (secondary N) is 2. The minimum Gasteiger partial charge on any atom is -0.480 e. The maximum Gasteiger partial charge on any atom is 0.247 e. The molecule has 0 saturated heterocycles. The largest absolute Gasteiger partial charge is 0.480 e. The van der Waals surface area contributed by atoms with Crippen molar-refractivity contribution in [1.82, 2.24) is 19.5 Å². The number of nitriles is 1. The number of aromatic nitrogens is 4. The second-order valence-electron chi connectivity index (χ2n) is 8.18. The third-order valence-electron chi connectivity index (χ3n) is 5.99. The van der Waals surface area contributed by atoms with Crippen LogP contribution in [0, 0.1) is 11.3 Å². The summed E-state index contributed by atoms with van der Waals surface area (Å²) in [6.07, 6.45) is 6.43. The van der Waals surface area contributed by atoms with Gasteiger partial charge in [-0.3, -0.25) is 4.79 Å². The number of ether oxygens (including phenoxy) is 1. The van der Waals surface area contributed by atoms with Gasteiger partial charge in [-0.15, -0.1) is 0 Å². The number of rotatable bonds is 8. The van der Waals surface area contributed by atoms with Crippen molar-refractivity contribution in [2.45, 2.75) is 44.2 Å². The molecule has 0 aliphatic heterocycles. The van der Waals surface area contributed by atoms with Crippen LogP contribution in [-0.4, -0.2) is 50.3 Å². The number of aliphatic hydroxyl groups excluding tert-OH is 1. The summed E-state index contributed by atoms with van der Waals surface area (Å²) in [7, 11) is 1.48. The molecule has 2 aromatic heterocycles. The average Bonchev–Trinajstić information content (AvgIpc) is 3.22. The molecular formula is C24H27N7O3. The van der Waals surface area contributed by atoms with E-state index < -0.39 is 0 Å². The Hall–Kier alpha value is -3.97. The van der Waals surface area contributed by atoms with Gasteiger partial charge >= 0.3 is 0 Å². The van der Waals surface area contributed by atoms with Crippen LogP contribution >= 0.6 is 0 Å². The number of imidazole rings is 1. The number of hydrogen-bond acceptors (Lipinski definition) is 8. The van der Waals surface area contributed by atoms with Gasteiger partial charge in [0.1, 0.15) is 17.5 Å². The molecule has 1 saturated carbocycles. The van der Waals surface area contributed by atoms with Gasteiger partial charge in [0, 0.05) is 24.2 Å². The molecule has 10 heteroatoms. The number of anilines is 2. The van der Waals surface area contributed by atoms with Crippen molar-refractivity contribution in [3.05, 3.63) is 48.4 Å². The van der Waals surface area contributed by atoms with E-state index in [4.69, 9.17) is 15.0 Å². The number of fused-ring (bicyclic) bond motifs is 1. The normalized spacial score (nSPS) is 17.7. The van der Waals surface area contributed by atoms with Gasteiger partial charge in [-0.2, -0.15) is 10.2 Å². The highest BCUT2D eigenvalue weighted by Gasteiger charge is 2.28. The van der Waals surface area contributed by atoms with Crippen LogP contribution in [0.2, 0.25) is 0 Å². The van der Waals surface area contributed by atoms with Gasteiger partial charge in [-0.05, 0) is 43.5 Å². The fraction of sp³-hybridized carbons (Fsp3) is 0.375. The van der Waals surface area contributed by atoms with Crippen LogP contribution in [0.15, 0.2) is 37.1 Å². The minimum absolute atomic E-state index is 0.000681. The number of hydrogen-bond donors (Lipinski definition) is 3. The highest BCUT2D eigenvalue weighted by atomic mass is 16.5. The predicted octanol–water partition coefficient (Wildman–Crippen LogP) is 2.96. The van der Waals surface area contributed by atoms with Crippen LogP contribution in [0.5, 0.6) is 5.88 Å². The molecule has 0 bridgehead atoms. The first-order chi connectivity index (χ1) is 16.6. The quantitative estimate of drug-likeness (QED) is 0.435. The lowest BCUT2D eigenvalue weighted by atomic mass is 9.85. The Morgan fingerprint density at radius 3 is 3.00 bits per heavy atom. The lowest BCUT2D eigenvalue weighted by Gasteiger charge is -2.30. The van der Waals surface area contributed by atoms with Crippen LogP contribution in [-0.2, 0) is 11.3 Å². The lowest BCUT2D eigenvalue weighted by molar-refractivity contribution is -0.111. The number of carbonyl (C=O) groups excluding carboxylic acids is 1. The Labute approximate surface area is 197 Å². The lowest BCUT2D eigenvalue weighted by Crippen LogP contribution is -2.28. The Morgan fingerprint density at radius 2 is 2.26 bits per heavy atom. The highest BCUT2D eigenvalue weighted by Crippen LogP contribution is 2.35. The van der Waals surface area contributed by atoms with E-state index in [1.165, 1.54) is 19.4 Å². The average molecular weight is 462 g/mol. The summed E-state index contributed by atoms with van der Waals surface area (Å²) >= 11 is 0. The number of methoxy groups -OCH3 is 1. The maximum absolute atomic E-state index is 11.7. The zero-order chi connectivity index (χ0) is 24.1. The van der Waals surface area contributed by atoms with E-state index in [0.717, 1.165) is 42.5 Å². The van der Waals surface area contributed by atoms with Crippen LogP contribution in [0.3, 0.4) is 0 Å². The fourth-order valence-corrected chi connectivity index (χ4v) is 4.47. The van der Waals surface area contributed by atoms with E-state index in [1.807, 2.05) is 24.3 Å². The van der Waals surface area contributed by atoms with Crippen LogP contribution < -0.4 is 15.4 Å². The van der Waals surface area contributed by atoms with Crippen LogP contribution in [0.1, 0.15) is 43.0 Å². The first-order valence-electron chi connectivity index (χ1n) is 11.2. The van der Waals surface area contributed by atoms with Crippen LogP contribution in [0.4, 0.5) is 11.6 Å². The van der Waals surface area contributed by atoms with E-state index >= 15 is 0 Å². The number of carbonyl (C=O) groups is 1. The SMILES string of the molecule is C=CC(=O)Nc1ccc2c(c1)nc([C@H]1CCC[C@@H](Nc3ncc(C#N)c(OC)n3)C1)n2CCO. The molecule has 2 heterocycles. The summed E-state index contributed by atoms with van der Waals surface area (Å²) < 4.78 is 7.25. The van der Waals surface area contributed by atoms with Crippen molar-refractivity contribution in [2.24, 2.45) is 0 Å². The maximum atomic E-state index is 11.7. The molecule has 1 aliphatic rings. The van der Waals surface area contributed by atoms with E-state index in [-0.39, 0.29) is 35.9 Å². The fourth-order valence-electron chi connectivity index (χ4n) is 4.47. The Balaban J connectivity index is 1.58. The molecule has 0 spiro atoms. The summed E-state index contributed by atoms with van der Waals surface area (Å²) in [5, 5.41) is 25.0. The molecule has 1 aliphatic carbocycles. The molecule has 34 heavy (non-hydrogen) atoms. The molecule has 10 nitrogen and oxygen atoms in total. The van der Waals surface area contributed by atoms with E-state index in [1.54, 1.807) is 0 Å². The van der Waals surface area contributed by atoms with Gasteiger partial charge < -0.3 is 25.0 Å². The molecule has 1 amide bonds. The molecule has 0 radical (unpaired) electrons. The Kier molecular flexibility index (Phi) is 7.04. The molecule has 2 atom stereocenters. The van der Waals surface area contributed by atoms with Crippen molar-refractivity contribution in [2.75, 3.05) is 24.4 Å². The van der Waals surface area contributed by atoms with Crippen molar-refractivity contribution < 1.29 is 14.6 Å². The molecular weight excluding hydrogens is 434 g/mol. The first-order valence-corrected chi connectivity index (χ1v) is 11.2. The molecule has 1 fully saturated rings. The molecule has 0 unspecified atom stereocenters. The monoisotopic (exact) mass is 461 g/mol. The standard InChI is InChI=1S/C24H27N7O3/c1-3-21(33)27-18-7-8-20-19(12-18)29-22(31(20)9-10-32)15-5-4-6-17(11-15)28-24-26-14-16(13-25)23(30-24)34-2/h3,7-8,12,14-15,17,32H,1,4-6,9-11H2,2H3,(H,27,33)(H,26,28,30)/t15-,17+/m0/s1. The van der Waals surface area contributed by atoms with Crippen molar-refractivity contribution >= 4 is 28.6 Å². The van der Waals surface area contributed by atoms with Crippen molar-refractivity contribution in [1.29, 1.82) is 5.26 Å². The smallest absolute Gasteiger partial charge is 0.247 e. The third-order valence-corrected chi connectivity index (χ3v) is 5.99. The number of benzene rings is 1. The topological polar surface area (TPSA) is 138 Å². The van der Waals surface area contributed by atoms with Gasteiger partial charge in [-0.25, -0.2) is 9.97 Å². The molecule has 1 aromatic carbocycles. The number of amides is 1. The molecule has 3 aromatic rings. The van der Waals surface area contributed by atoms with Crippen molar-refractivity contribution in [3.63, 3.8) is 0 Å². The molecule has 4 rings (SSSR count). The van der Waals surface area contributed by atoms with Gasteiger partial charge in [-0.1, -0.05) is 13.0 Å². The summed E-state index contributed by atoms with van der Waals surface area (Å²) in [5.41, 5.74) is 2.61. The van der Waals surface area contributed by atoms with Crippen molar-refractivity contribution in [3.8, 4) is 11.9 Å². The minimum atomic E-state index is -0.280. The van der Waals surface area contributed by atoms with Crippen LogP contribution in [0.25, 0.3) is 11.0 Å². The van der Waals surface area contributed by atoms with Gasteiger partial charge in [0.05, 0.1) is 30.9 Å². The zero-order valence-electron chi connectivity index (χ0n) is 19.0. The Morgan fingerprint density at radius 1 is 1.41 bits per heavy atom. The molecule has 176 valence electrons. The Bertz CT molecular complexity index is 1250. The summed E-state index contributed by atoms with van der Waals surface area (Å²) in [4.78, 5) is 25.1. The van der Waals surface area contributed by atoms with E-state index in [2.05, 4.69) is 31.7 Å². The molecule has 3 N–H and O–H groups in total. The second kappa shape index (κ2) is 10.3. The number of nitrogens with zero attached hydrogens (tertiary/aromatic N) is 5. The highest BCUT2D eigenvalue weighted by molar-refractivity contribution is 6.00. The summed E-state index contributed by atoms with van der Waals surface area (Å²) in [6, 6.07) is 7.72.